The molecule has 4 aromatic rings. The van der Waals surface area contributed by atoms with Crippen LogP contribution >= 0.6 is 57.1 Å². The number of carbonyl (C=O) groups is 1. The number of thioether (sulfide) groups is 1. The maximum Gasteiger partial charge on any atom is 0.380 e. The van der Waals surface area contributed by atoms with Crippen LogP contribution in [0.5, 0.6) is 0 Å². The molecule has 12 heteroatoms. The lowest BCUT2D eigenvalue weighted by atomic mass is 9.95. The number of hydrogen-bond donors (Lipinski definition) is 0. The van der Waals surface area contributed by atoms with Crippen molar-refractivity contribution < 1.29 is 31.1 Å². The van der Waals surface area contributed by atoms with E-state index in [4.69, 9.17) is 0 Å². The zero-order valence-electron chi connectivity index (χ0n) is 19.3. The molecule has 5 rings (SSSR count). The van der Waals surface area contributed by atoms with Crippen LogP contribution in [0, 0.1) is 13.8 Å². The van der Waals surface area contributed by atoms with E-state index in [1.165, 1.54) is 55.6 Å². The molecule has 0 saturated carbocycles. The molecule has 0 N–H and O–H groups in total. The number of halogens is 6. The van der Waals surface area contributed by atoms with Gasteiger partial charge in [0, 0.05) is 47.3 Å². The van der Waals surface area contributed by atoms with Crippen molar-refractivity contribution >= 4 is 73.4 Å². The minimum absolute atomic E-state index is 0.130. The topological polar surface area (TPSA) is 17.1 Å². The van der Waals surface area contributed by atoms with Gasteiger partial charge in [0.25, 0.3) is 0 Å². The van der Waals surface area contributed by atoms with Crippen LogP contribution in [0.2, 0.25) is 0 Å². The summed E-state index contributed by atoms with van der Waals surface area (Å²) in [7, 11) is 0. The fourth-order valence-electron chi connectivity index (χ4n) is 4.20. The first-order valence-corrected chi connectivity index (χ1v) is 14.8. The van der Waals surface area contributed by atoms with Crippen molar-refractivity contribution in [3.8, 4) is 19.5 Å². The molecule has 0 aliphatic heterocycles. The second kappa shape index (κ2) is 9.11. The average Bonchev–Trinajstić information content (AvgIpc) is 3.59. The van der Waals surface area contributed by atoms with E-state index in [-0.39, 0.29) is 26.0 Å². The van der Waals surface area contributed by atoms with E-state index in [0.717, 1.165) is 39.3 Å². The predicted molar refractivity (Wildman–Crippen MR) is 143 cm³/mol. The number of rotatable bonds is 5. The molecule has 0 atom stereocenters. The average molecular weight is 607 g/mol. The van der Waals surface area contributed by atoms with Crippen molar-refractivity contribution in [2.24, 2.45) is 0 Å². The molecule has 0 radical (unpaired) electrons. The SMILES string of the molecule is CC(=O)Sc1ccc(-c2cc(C3=C(c4cc(-c5cccs5)sc4C)C(F)(F)C(F)(F)C3(F)F)c(C)s2)s1. The number of carbonyl (C=O) groups excluding carboxylic acids is 1. The van der Waals surface area contributed by atoms with Crippen molar-refractivity contribution in [2.75, 3.05) is 0 Å². The molecule has 0 bridgehead atoms. The van der Waals surface area contributed by atoms with Crippen LogP contribution in [0.3, 0.4) is 0 Å². The minimum atomic E-state index is -5.61. The minimum Gasteiger partial charge on any atom is -0.287 e. The van der Waals surface area contributed by atoms with Gasteiger partial charge in [-0.25, -0.2) is 0 Å². The molecule has 4 aromatic heterocycles. The van der Waals surface area contributed by atoms with E-state index in [9.17, 15) is 13.6 Å². The van der Waals surface area contributed by atoms with Crippen molar-refractivity contribution in [3.63, 3.8) is 0 Å². The van der Waals surface area contributed by atoms with Crippen molar-refractivity contribution in [1.82, 2.24) is 0 Å². The van der Waals surface area contributed by atoms with Gasteiger partial charge in [0.05, 0.1) is 4.21 Å². The van der Waals surface area contributed by atoms with Crippen molar-refractivity contribution in [1.29, 1.82) is 0 Å². The highest BCUT2D eigenvalue weighted by molar-refractivity contribution is 8.15. The zero-order valence-corrected chi connectivity index (χ0v) is 23.3. The fraction of sp³-hybridized carbons (Fsp3) is 0.240. The highest BCUT2D eigenvalue weighted by Crippen LogP contribution is 2.66. The third-order valence-electron chi connectivity index (χ3n) is 5.87. The number of alkyl halides is 6. The third-order valence-corrected chi connectivity index (χ3v) is 11.2. The Hall–Kier alpha value is -1.86. The van der Waals surface area contributed by atoms with Gasteiger partial charge in [-0.05, 0) is 72.4 Å². The molecule has 37 heavy (non-hydrogen) atoms. The summed E-state index contributed by atoms with van der Waals surface area (Å²) in [4.78, 5) is 14.2. The van der Waals surface area contributed by atoms with Crippen LogP contribution in [-0.2, 0) is 4.79 Å². The Bertz CT molecular complexity index is 1540. The number of thiophene rings is 4. The molecule has 0 fully saturated rings. The lowest BCUT2D eigenvalue weighted by Crippen LogP contribution is -2.48. The monoisotopic (exact) mass is 606 g/mol. The van der Waals surface area contributed by atoms with Crippen molar-refractivity contribution in [2.45, 2.75) is 42.7 Å². The predicted octanol–water partition coefficient (Wildman–Crippen LogP) is 10.4. The van der Waals surface area contributed by atoms with Gasteiger partial charge in [0.1, 0.15) is 0 Å². The van der Waals surface area contributed by atoms with Gasteiger partial charge in [-0.1, -0.05) is 6.07 Å². The summed E-state index contributed by atoms with van der Waals surface area (Å²) in [5.74, 6) is -15.8. The summed E-state index contributed by atoms with van der Waals surface area (Å²) in [6.45, 7) is 4.33. The van der Waals surface area contributed by atoms with E-state index in [1.54, 1.807) is 29.6 Å². The summed E-state index contributed by atoms with van der Waals surface area (Å²) in [5.41, 5.74) is -3.29. The number of hydrogen-bond acceptors (Lipinski definition) is 6. The molecule has 0 unspecified atom stereocenters. The van der Waals surface area contributed by atoms with Crippen LogP contribution in [-0.4, -0.2) is 22.9 Å². The standard InChI is InChI=1S/C25H16F6OS5/c1-11-14(9-18(34-11)16-5-4-8-33-16)21-22(24(28,29)25(30,31)23(21,26)27)15-10-19(35-12(15)2)17-6-7-20(37-17)36-13(3)32/h4-10H,1-3H3. The summed E-state index contributed by atoms with van der Waals surface area (Å²) in [5, 5.41) is 1.65. The van der Waals surface area contributed by atoms with Gasteiger partial charge >= 0.3 is 17.8 Å². The first-order valence-electron chi connectivity index (χ1n) is 10.7. The molecule has 194 valence electrons. The maximum atomic E-state index is 15.3. The second-order valence-corrected chi connectivity index (χ2v) is 14.3. The summed E-state index contributed by atoms with van der Waals surface area (Å²) in [6.07, 6.45) is 0. The van der Waals surface area contributed by atoms with Crippen LogP contribution in [0.1, 0.15) is 27.8 Å². The van der Waals surface area contributed by atoms with Gasteiger partial charge in [0.2, 0.25) is 0 Å². The second-order valence-electron chi connectivity index (χ2n) is 8.32. The molecule has 1 aliphatic carbocycles. The van der Waals surface area contributed by atoms with Gasteiger partial charge in [-0.3, -0.25) is 4.79 Å². The Morgan fingerprint density at radius 1 is 0.757 bits per heavy atom. The molecule has 0 saturated heterocycles. The first-order chi connectivity index (χ1) is 17.3. The molecule has 0 aromatic carbocycles. The molecule has 1 nitrogen and oxygen atoms in total. The largest absolute Gasteiger partial charge is 0.380 e. The third kappa shape index (κ3) is 4.15. The summed E-state index contributed by atoms with van der Waals surface area (Å²) < 4.78 is 91.6. The van der Waals surface area contributed by atoms with Gasteiger partial charge in [-0.15, -0.1) is 45.3 Å². The summed E-state index contributed by atoms with van der Waals surface area (Å²) >= 11 is 5.73. The zero-order chi connectivity index (χ0) is 26.9. The van der Waals surface area contributed by atoms with Gasteiger partial charge in [-0.2, -0.15) is 26.3 Å². The first kappa shape index (κ1) is 26.7. The smallest absolute Gasteiger partial charge is 0.287 e. The Kier molecular flexibility index (Phi) is 6.59. The lowest BCUT2D eigenvalue weighted by molar-refractivity contribution is -0.254. The molecule has 0 amide bonds. The van der Waals surface area contributed by atoms with Crippen LogP contribution in [0.4, 0.5) is 26.3 Å². The maximum absolute atomic E-state index is 15.3. The van der Waals surface area contributed by atoms with E-state index in [0.29, 0.717) is 18.8 Å². The van der Waals surface area contributed by atoms with Crippen molar-refractivity contribution in [3.05, 3.63) is 62.7 Å². The van der Waals surface area contributed by atoms with E-state index in [2.05, 4.69) is 0 Å². The van der Waals surface area contributed by atoms with E-state index in [1.807, 2.05) is 0 Å². The quantitative estimate of drug-likeness (QED) is 0.166. The lowest BCUT2D eigenvalue weighted by Gasteiger charge is -2.25. The summed E-state index contributed by atoms with van der Waals surface area (Å²) in [6, 6.07) is 9.47. The fourth-order valence-corrected chi connectivity index (χ4v) is 9.11. The molecule has 4 heterocycles. The van der Waals surface area contributed by atoms with Crippen LogP contribution < -0.4 is 0 Å². The Morgan fingerprint density at radius 2 is 1.30 bits per heavy atom. The van der Waals surface area contributed by atoms with Gasteiger partial charge in [0.15, 0.2) is 5.12 Å². The van der Waals surface area contributed by atoms with E-state index >= 15 is 17.6 Å². The highest BCUT2D eigenvalue weighted by Gasteiger charge is 2.80. The van der Waals surface area contributed by atoms with Crippen LogP contribution in [0.15, 0.2) is 46.0 Å². The number of allylic oxidation sites excluding steroid dienone is 2. The molecular weight excluding hydrogens is 591 g/mol. The van der Waals surface area contributed by atoms with Gasteiger partial charge < -0.3 is 0 Å². The molecule has 0 spiro atoms. The Labute approximate surface area is 228 Å². The van der Waals surface area contributed by atoms with Crippen LogP contribution in [0.25, 0.3) is 30.7 Å². The highest BCUT2D eigenvalue weighted by atomic mass is 32.2. The normalized spacial score (nSPS) is 18.1. The Balaban J connectivity index is 1.72. The number of aryl methyl sites for hydroxylation is 2. The molecule has 1 aliphatic rings. The van der Waals surface area contributed by atoms with E-state index < -0.39 is 28.9 Å². The molecular formula is C25H16F6OS5. The Morgan fingerprint density at radius 3 is 1.78 bits per heavy atom.